The van der Waals surface area contributed by atoms with Crippen LogP contribution in [-0.2, 0) is 0 Å². The van der Waals surface area contributed by atoms with Gasteiger partial charge in [0.15, 0.2) is 16.5 Å². The van der Waals surface area contributed by atoms with Crippen LogP contribution in [0.5, 0.6) is 0 Å². The van der Waals surface area contributed by atoms with Crippen molar-refractivity contribution in [1.82, 2.24) is 10.3 Å². The maximum atomic E-state index is 12.7. The summed E-state index contributed by atoms with van der Waals surface area (Å²) in [5.41, 5.74) is 5.55. The average Bonchev–Trinajstić information content (AvgIpc) is 3.35. The minimum atomic E-state index is -0.402. The van der Waals surface area contributed by atoms with E-state index in [9.17, 15) is 4.79 Å². The first-order valence-electron chi connectivity index (χ1n) is 10.1. The molecule has 6 nitrogen and oxygen atoms in total. The number of anilines is 1. The van der Waals surface area contributed by atoms with Crippen molar-refractivity contribution in [3.8, 4) is 11.5 Å². The van der Waals surface area contributed by atoms with E-state index in [-0.39, 0.29) is 10.9 Å². The summed E-state index contributed by atoms with van der Waals surface area (Å²) >= 11 is 5.32. The van der Waals surface area contributed by atoms with E-state index in [4.69, 9.17) is 21.1 Å². The second kappa shape index (κ2) is 7.94. The van der Waals surface area contributed by atoms with E-state index >= 15 is 0 Å². The number of aryl methyl sites for hydroxylation is 2. The molecule has 0 radical (unpaired) electrons. The van der Waals surface area contributed by atoms with E-state index < -0.39 is 5.91 Å². The smallest absolute Gasteiger partial charge is 0.293 e. The van der Waals surface area contributed by atoms with Crippen LogP contribution < -0.4 is 10.6 Å². The molecule has 7 heteroatoms. The molecule has 32 heavy (non-hydrogen) atoms. The quantitative estimate of drug-likeness (QED) is 0.335. The molecule has 2 aromatic heterocycles. The van der Waals surface area contributed by atoms with Gasteiger partial charge in [-0.15, -0.1) is 0 Å². The van der Waals surface area contributed by atoms with Gasteiger partial charge in [0.1, 0.15) is 11.1 Å². The first-order chi connectivity index (χ1) is 15.5. The van der Waals surface area contributed by atoms with Crippen LogP contribution in [0.1, 0.15) is 21.7 Å². The molecular weight excluding hydrogens is 422 g/mol. The predicted molar refractivity (Wildman–Crippen MR) is 129 cm³/mol. The van der Waals surface area contributed by atoms with E-state index in [0.717, 1.165) is 16.5 Å². The van der Waals surface area contributed by atoms with Crippen LogP contribution in [0, 0.1) is 13.8 Å². The van der Waals surface area contributed by atoms with E-state index in [0.29, 0.717) is 28.3 Å². The lowest BCUT2D eigenvalue weighted by atomic mass is 10.1. The zero-order valence-corrected chi connectivity index (χ0v) is 18.2. The lowest BCUT2D eigenvalue weighted by molar-refractivity contribution is 0.0952. The van der Waals surface area contributed by atoms with Gasteiger partial charge in [0.25, 0.3) is 5.91 Å². The van der Waals surface area contributed by atoms with Crippen LogP contribution in [0.2, 0.25) is 0 Å². The Labute approximate surface area is 189 Å². The van der Waals surface area contributed by atoms with Gasteiger partial charge in [0.2, 0.25) is 5.89 Å². The highest BCUT2D eigenvalue weighted by atomic mass is 32.1. The number of carbonyl (C=O) groups is 1. The second-order valence-electron chi connectivity index (χ2n) is 7.53. The average molecular weight is 442 g/mol. The summed E-state index contributed by atoms with van der Waals surface area (Å²) in [5, 5.41) is 6.76. The number of nitrogens with one attached hydrogen (secondary N) is 2. The third-order valence-electron chi connectivity index (χ3n) is 5.22. The number of oxazole rings is 1. The zero-order valence-electron chi connectivity index (χ0n) is 17.4. The summed E-state index contributed by atoms with van der Waals surface area (Å²) in [6, 6.07) is 21.0. The fourth-order valence-corrected chi connectivity index (χ4v) is 3.75. The molecule has 0 spiro atoms. The third kappa shape index (κ3) is 3.74. The van der Waals surface area contributed by atoms with Crippen molar-refractivity contribution >= 4 is 51.0 Å². The molecule has 0 fully saturated rings. The molecule has 0 bridgehead atoms. The first-order valence-corrected chi connectivity index (χ1v) is 10.5. The Morgan fingerprint density at radius 2 is 1.72 bits per heavy atom. The number of hydrogen-bond acceptors (Lipinski definition) is 5. The minimum absolute atomic E-state index is 0.163. The lowest BCUT2D eigenvalue weighted by Gasteiger charge is -2.08. The molecule has 0 saturated heterocycles. The zero-order chi connectivity index (χ0) is 22.2. The van der Waals surface area contributed by atoms with Gasteiger partial charge >= 0.3 is 0 Å². The number of amides is 1. The van der Waals surface area contributed by atoms with Gasteiger partial charge in [0, 0.05) is 22.2 Å². The molecule has 2 heterocycles. The van der Waals surface area contributed by atoms with Gasteiger partial charge in [-0.2, -0.15) is 0 Å². The van der Waals surface area contributed by atoms with E-state index in [2.05, 4.69) is 15.6 Å². The number of nitrogens with zero attached hydrogens (tertiary/aromatic N) is 1. The number of fused-ring (bicyclic) bond motifs is 2. The normalized spacial score (nSPS) is 11.1. The molecule has 158 valence electrons. The molecule has 5 rings (SSSR count). The van der Waals surface area contributed by atoms with Gasteiger partial charge in [-0.05, 0) is 62.5 Å². The number of rotatable bonds is 3. The van der Waals surface area contributed by atoms with Gasteiger partial charge in [-0.1, -0.05) is 35.9 Å². The fourth-order valence-electron chi connectivity index (χ4n) is 3.54. The number of hydrogen-bond donors (Lipinski definition) is 2. The van der Waals surface area contributed by atoms with Crippen LogP contribution >= 0.6 is 12.2 Å². The highest BCUT2D eigenvalue weighted by Crippen LogP contribution is 2.27. The van der Waals surface area contributed by atoms with Gasteiger partial charge < -0.3 is 14.2 Å². The Hall–Kier alpha value is -3.97. The fraction of sp³-hybridized carbons (Fsp3) is 0.0800. The van der Waals surface area contributed by atoms with Gasteiger partial charge in [0.05, 0.1) is 0 Å². The van der Waals surface area contributed by atoms with Crippen LogP contribution in [0.3, 0.4) is 0 Å². The number of para-hydroxylation sites is 1. The number of carbonyl (C=O) groups excluding carboxylic acids is 1. The number of benzene rings is 3. The van der Waals surface area contributed by atoms with Crippen LogP contribution in [0.4, 0.5) is 5.69 Å². The summed E-state index contributed by atoms with van der Waals surface area (Å²) in [6.45, 7) is 3.88. The lowest BCUT2D eigenvalue weighted by Crippen LogP contribution is -2.34. The molecular formula is C25H19N3O3S. The summed E-state index contributed by atoms with van der Waals surface area (Å²) < 4.78 is 11.6. The van der Waals surface area contributed by atoms with Crippen molar-refractivity contribution in [3.63, 3.8) is 0 Å². The van der Waals surface area contributed by atoms with E-state index in [1.54, 1.807) is 0 Å². The molecule has 0 atom stereocenters. The monoisotopic (exact) mass is 441 g/mol. The summed E-state index contributed by atoms with van der Waals surface area (Å²) in [6.07, 6.45) is 0. The summed E-state index contributed by atoms with van der Waals surface area (Å²) in [5.74, 6) is 0.388. The van der Waals surface area contributed by atoms with E-state index in [1.807, 2.05) is 80.6 Å². The molecule has 2 N–H and O–H groups in total. The van der Waals surface area contributed by atoms with Crippen molar-refractivity contribution in [2.24, 2.45) is 0 Å². The van der Waals surface area contributed by atoms with Crippen molar-refractivity contribution in [1.29, 1.82) is 0 Å². The van der Waals surface area contributed by atoms with Crippen LogP contribution in [-0.4, -0.2) is 16.0 Å². The number of aromatic nitrogens is 1. The molecule has 0 aliphatic rings. The maximum absolute atomic E-state index is 12.7. The van der Waals surface area contributed by atoms with Gasteiger partial charge in [-0.3, -0.25) is 10.1 Å². The molecule has 0 unspecified atom stereocenters. The Bertz CT molecular complexity index is 1480. The standard InChI is InChI=1S/C25H19N3O3S/c1-14-7-9-16(10-8-14)24-27-19-13-17(11-12-21(19)31-24)26-25(32)28-23(29)22-15(2)18-5-3-4-6-20(18)30-22/h3-13H,1-2H3,(H2,26,28,29,32). The molecule has 3 aromatic carbocycles. The van der Waals surface area contributed by atoms with Crippen molar-refractivity contribution in [2.45, 2.75) is 13.8 Å². The van der Waals surface area contributed by atoms with Crippen molar-refractivity contribution in [2.75, 3.05) is 5.32 Å². The Morgan fingerprint density at radius 3 is 2.50 bits per heavy atom. The van der Waals surface area contributed by atoms with Crippen molar-refractivity contribution < 1.29 is 13.6 Å². The SMILES string of the molecule is Cc1ccc(-c2nc3cc(NC(=S)NC(=O)c4oc5ccccc5c4C)ccc3o2)cc1. The third-order valence-corrected chi connectivity index (χ3v) is 5.43. The molecule has 0 aliphatic carbocycles. The summed E-state index contributed by atoms with van der Waals surface area (Å²) in [7, 11) is 0. The Morgan fingerprint density at radius 1 is 0.938 bits per heavy atom. The number of furan rings is 1. The van der Waals surface area contributed by atoms with Crippen molar-refractivity contribution in [3.05, 3.63) is 83.6 Å². The summed E-state index contributed by atoms with van der Waals surface area (Å²) in [4.78, 5) is 17.2. The second-order valence-corrected chi connectivity index (χ2v) is 7.94. The van der Waals surface area contributed by atoms with E-state index in [1.165, 1.54) is 5.56 Å². The minimum Gasteiger partial charge on any atom is -0.451 e. The number of thiocarbonyl (C=S) groups is 1. The van der Waals surface area contributed by atoms with Crippen LogP contribution in [0.15, 0.2) is 75.6 Å². The molecule has 1 amide bonds. The van der Waals surface area contributed by atoms with Crippen LogP contribution in [0.25, 0.3) is 33.5 Å². The highest BCUT2D eigenvalue weighted by molar-refractivity contribution is 7.80. The van der Waals surface area contributed by atoms with Gasteiger partial charge in [-0.25, -0.2) is 4.98 Å². The first kappa shape index (κ1) is 20.0. The topological polar surface area (TPSA) is 80.3 Å². The Balaban J connectivity index is 1.32. The maximum Gasteiger partial charge on any atom is 0.293 e. The molecule has 0 saturated carbocycles. The molecule has 0 aliphatic heterocycles. The highest BCUT2D eigenvalue weighted by Gasteiger charge is 2.18. The largest absolute Gasteiger partial charge is 0.451 e. The predicted octanol–water partition coefficient (Wildman–Crippen LogP) is 5.98. The molecule has 5 aromatic rings. The Kier molecular flexibility index (Phi) is 4.95.